The van der Waals surface area contributed by atoms with Gasteiger partial charge in [0.15, 0.2) is 5.69 Å². The maximum Gasteiger partial charge on any atom is 0.354 e. The van der Waals surface area contributed by atoms with Crippen LogP contribution in [0.4, 0.5) is 5.82 Å². The van der Waals surface area contributed by atoms with Crippen LogP contribution < -0.4 is 5.32 Å². The summed E-state index contributed by atoms with van der Waals surface area (Å²) in [5.41, 5.74) is 0.0650. The molecule has 2 heterocycles. The topological polar surface area (TPSA) is 71.5 Å². The predicted octanol–water partition coefficient (Wildman–Crippen LogP) is 2.10. The molecule has 0 aromatic carbocycles. The van der Waals surface area contributed by atoms with Gasteiger partial charge in [-0.1, -0.05) is 6.07 Å². The number of nitrogens with one attached hydrogen (secondary N) is 1. The SMILES string of the molecule is CSC1(CNc2cccc(C(=O)O)n2)CCOCC1. The van der Waals surface area contributed by atoms with Crippen molar-refractivity contribution in [2.24, 2.45) is 0 Å². The van der Waals surface area contributed by atoms with Crippen LogP contribution in [-0.4, -0.2) is 46.8 Å². The van der Waals surface area contributed by atoms with E-state index in [1.54, 1.807) is 12.1 Å². The van der Waals surface area contributed by atoms with Gasteiger partial charge in [-0.05, 0) is 31.2 Å². The van der Waals surface area contributed by atoms with Crippen LogP contribution in [0.2, 0.25) is 0 Å². The third-order valence-corrected chi connectivity index (χ3v) is 4.82. The minimum Gasteiger partial charge on any atom is -0.477 e. The molecular weight excluding hydrogens is 264 g/mol. The average molecular weight is 282 g/mol. The smallest absolute Gasteiger partial charge is 0.354 e. The van der Waals surface area contributed by atoms with Crippen molar-refractivity contribution in [1.82, 2.24) is 4.98 Å². The van der Waals surface area contributed by atoms with Gasteiger partial charge in [-0.15, -0.1) is 0 Å². The number of aromatic carboxylic acids is 1. The van der Waals surface area contributed by atoms with Gasteiger partial charge in [0.1, 0.15) is 5.82 Å². The Morgan fingerprint density at radius 3 is 2.89 bits per heavy atom. The zero-order valence-electron chi connectivity index (χ0n) is 10.9. The van der Waals surface area contributed by atoms with Crippen LogP contribution in [0.3, 0.4) is 0 Å². The van der Waals surface area contributed by atoms with E-state index in [1.807, 2.05) is 11.8 Å². The molecule has 0 amide bonds. The van der Waals surface area contributed by atoms with E-state index in [4.69, 9.17) is 9.84 Å². The predicted molar refractivity (Wildman–Crippen MR) is 76.0 cm³/mol. The molecule has 0 bridgehead atoms. The number of nitrogens with zero attached hydrogens (tertiary/aromatic N) is 1. The molecule has 1 fully saturated rings. The van der Waals surface area contributed by atoms with Crippen LogP contribution in [0.5, 0.6) is 0 Å². The van der Waals surface area contributed by atoms with Gasteiger partial charge in [-0.3, -0.25) is 0 Å². The first-order valence-electron chi connectivity index (χ1n) is 6.22. The highest BCUT2D eigenvalue weighted by atomic mass is 32.2. The van der Waals surface area contributed by atoms with E-state index in [-0.39, 0.29) is 10.4 Å². The fraction of sp³-hybridized carbons (Fsp3) is 0.538. The van der Waals surface area contributed by atoms with Gasteiger partial charge in [-0.2, -0.15) is 11.8 Å². The van der Waals surface area contributed by atoms with Gasteiger partial charge >= 0.3 is 5.97 Å². The van der Waals surface area contributed by atoms with Crippen LogP contribution in [0.1, 0.15) is 23.3 Å². The van der Waals surface area contributed by atoms with Crippen molar-refractivity contribution < 1.29 is 14.6 Å². The number of carbonyl (C=O) groups is 1. The molecule has 0 atom stereocenters. The summed E-state index contributed by atoms with van der Waals surface area (Å²) in [7, 11) is 0. The third kappa shape index (κ3) is 3.61. The Hall–Kier alpha value is -1.27. The lowest BCUT2D eigenvalue weighted by atomic mass is 9.99. The molecule has 1 aromatic heterocycles. The number of carboxylic acid groups (broad SMARTS) is 1. The van der Waals surface area contributed by atoms with Gasteiger partial charge in [0.05, 0.1) is 0 Å². The molecular formula is C13H18N2O3S. The monoisotopic (exact) mass is 282 g/mol. The molecule has 1 saturated heterocycles. The molecule has 0 radical (unpaired) electrons. The van der Waals surface area contributed by atoms with Crippen LogP contribution >= 0.6 is 11.8 Å². The molecule has 1 aliphatic heterocycles. The standard InChI is InChI=1S/C13H18N2O3S/c1-19-13(5-7-18-8-6-13)9-14-11-4-2-3-10(15-11)12(16)17/h2-4H,5-9H2,1H3,(H,14,15)(H,16,17). The zero-order chi connectivity index (χ0) is 13.7. The fourth-order valence-corrected chi connectivity index (χ4v) is 2.89. The van der Waals surface area contributed by atoms with Gasteiger partial charge < -0.3 is 15.2 Å². The van der Waals surface area contributed by atoms with Crippen molar-refractivity contribution in [3.63, 3.8) is 0 Å². The fourth-order valence-electron chi connectivity index (χ4n) is 2.10. The number of thioether (sulfide) groups is 1. The van der Waals surface area contributed by atoms with Gasteiger partial charge in [-0.25, -0.2) is 9.78 Å². The summed E-state index contributed by atoms with van der Waals surface area (Å²) in [5.74, 6) is -0.394. The van der Waals surface area contributed by atoms with Crippen LogP contribution in [0.15, 0.2) is 18.2 Å². The molecule has 2 N–H and O–H groups in total. The number of carboxylic acids is 1. The van der Waals surface area contributed by atoms with E-state index in [1.165, 1.54) is 6.07 Å². The summed E-state index contributed by atoms with van der Waals surface area (Å²) < 4.78 is 5.55. The number of rotatable bonds is 5. The average Bonchev–Trinajstić information content (AvgIpc) is 2.46. The van der Waals surface area contributed by atoms with Crippen molar-refractivity contribution in [1.29, 1.82) is 0 Å². The second-order valence-corrected chi connectivity index (χ2v) is 5.84. The Kier molecular flexibility index (Phi) is 4.66. The van der Waals surface area contributed by atoms with E-state index in [2.05, 4.69) is 16.6 Å². The van der Waals surface area contributed by atoms with Gasteiger partial charge in [0.25, 0.3) is 0 Å². The maximum atomic E-state index is 10.9. The highest BCUT2D eigenvalue weighted by molar-refractivity contribution is 8.00. The molecule has 2 rings (SSSR count). The summed E-state index contributed by atoms with van der Waals surface area (Å²) in [6.07, 6.45) is 4.10. The zero-order valence-corrected chi connectivity index (χ0v) is 11.7. The molecule has 1 aliphatic rings. The lowest BCUT2D eigenvalue weighted by Gasteiger charge is -2.35. The number of anilines is 1. The maximum absolute atomic E-state index is 10.9. The summed E-state index contributed by atoms with van der Waals surface area (Å²) in [6, 6.07) is 4.99. The van der Waals surface area contributed by atoms with Crippen LogP contribution in [-0.2, 0) is 4.74 Å². The normalized spacial score (nSPS) is 17.9. The van der Waals surface area contributed by atoms with E-state index in [0.29, 0.717) is 5.82 Å². The molecule has 0 unspecified atom stereocenters. The number of hydrogen-bond donors (Lipinski definition) is 2. The molecule has 0 aliphatic carbocycles. The van der Waals surface area contributed by atoms with Crippen molar-refractivity contribution in [2.45, 2.75) is 17.6 Å². The van der Waals surface area contributed by atoms with Crippen LogP contribution in [0, 0.1) is 0 Å². The molecule has 1 aromatic rings. The van der Waals surface area contributed by atoms with Crippen LogP contribution in [0.25, 0.3) is 0 Å². The third-order valence-electron chi connectivity index (χ3n) is 3.40. The molecule has 5 nitrogen and oxygen atoms in total. The second kappa shape index (κ2) is 6.25. The van der Waals surface area contributed by atoms with Crippen molar-refractivity contribution >= 4 is 23.5 Å². The van der Waals surface area contributed by atoms with Crippen molar-refractivity contribution in [2.75, 3.05) is 31.3 Å². The molecule has 6 heteroatoms. The summed E-state index contributed by atoms with van der Waals surface area (Å²) in [5, 5.41) is 12.2. The van der Waals surface area contributed by atoms with Crippen molar-refractivity contribution in [3.8, 4) is 0 Å². The van der Waals surface area contributed by atoms with E-state index >= 15 is 0 Å². The minimum absolute atomic E-state index is 0.0650. The number of hydrogen-bond acceptors (Lipinski definition) is 5. The molecule has 0 saturated carbocycles. The quantitative estimate of drug-likeness (QED) is 0.862. The second-order valence-electron chi connectivity index (χ2n) is 4.57. The molecule has 19 heavy (non-hydrogen) atoms. The number of pyridine rings is 1. The largest absolute Gasteiger partial charge is 0.477 e. The summed E-state index contributed by atoms with van der Waals surface area (Å²) >= 11 is 1.84. The summed E-state index contributed by atoms with van der Waals surface area (Å²) in [4.78, 5) is 14.9. The minimum atomic E-state index is -1.01. The Balaban J connectivity index is 2.00. The highest BCUT2D eigenvalue weighted by Crippen LogP contribution is 2.33. The first-order valence-corrected chi connectivity index (χ1v) is 7.45. The first-order chi connectivity index (χ1) is 9.15. The molecule has 0 spiro atoms. The molecule has 104 valence electrons. The van der Waals surface area contributed by atoms with Crippen molar-refractivity contribution in [3.05, 3.63) is 23.9 Å². The lowest BCUT2D eigenvalue weighted by molar-refractivity contribution is 0.0690. The lowest BCUT2D eigenvalue weighted by Crippen LogP contribution is -2.39. The first kappa shape index (κ1) is 14.1. The Morgan fingerprint density at radius 1 is 1.53 bits per heavy atom. The number of aromatic nitrogens is 1. The van der Waals surface area contributed by atoms with E-state index < -0.39 is 5.97 Å². The Labute approximate surface area is 116 Å². The summed E-state index contributed by atoms with van der Waals surface area (Å²) in [6.45, 7) is 2.34. The highest BCUT2D eigenvalue weighted by Gasteiger charge is 2.31. The van der Waals surface area contributed by atoms with Gasteiger partial charge in [0, 0.05) is 24.5 Å². The number of ether oxygens (including phenoxy) is 1. The van der Waals surface area contributed by atoms with E-state index in [9.17, 15) is 4.79 Å². The van der Waals surface area contributed by atoms with Gasteiger partial charge in [0.2, 0.25) is 0 Å². The Bertz CT molecular complexity index is 447. The van der Waals surface area contributed by atoms with E-state index in [0.717, 1.165) is 32.6 Å². The Morgan fingerprint density at radius 2 is 2.26 bits per heavy atom.